The van der Waals surface area contributed by atoms with Crippen LogP contribution in [0.25, 0.3) is 0 Å². The van der Waals surface area contributed by atoms with E-state index in [0.717, 1.165) is 6.07 Å². The van der Waals surface area contributed by atoms with Gasteiger partial charge in [0.2, 0.25) is 10.0 Å². The number of carboxylic acids is 1. The minimum absolute atomic E-state index is 0.239. The summed E-state index contributed by atoms with van der Waals surface area (Å²) in [5, 5.41) is 18.1. The molecule has 1 fully saturated rings. The average Bonchev–Trinajstić information content (AvgIpc) is 2.75. The second-order valence-electron chi connectivity index (χ2n) is 4.37. The van der Waals surface area contributed by atoms with Crippen LogP contribution < -0.4 is 0 Å². The van der Waals surface area contributed by atoms with Crippen LogP contribution in [-0.2, 0) is 14.8 Å². The van der Waals surface area contributed by atoms with E-state index in [-0.39, 0.29) is 11.4 Å². The highest BCUT2D eigenvalue weighted by Crippen LogP contribution is 2.30. The number of carboxylic acid groups (broad SMARTS) is 1. The molecule has 1 saturated heterocycles. The van der Waals surface area contributed by atoms with Crippen LogP contribution in [0.1, 0.15) is 6.42 Å². The van der Waals surface area contributed by atoms with Crippen molar-refractivity contribution in [3.05, 3.63) is 29.0 Å². The van der Waals surface area contributed by atoms with E-state index < -0.39 is 45.4 Å². The number of halogens is 2. The Morgan fingerprint density at radius 3 is 2.70 bits per heavy atom. The number of aliphatic carboxylic acids is 1. The molecule has 1 aliphatic rings. The van der Waals surface area contributed by atoms with E-state index >= 15 is 0 Å². The van der Waals surface area contributed by atoms with Gasteiger partial charge in [-0.05, 0) is 12.1 Å². The summed E-state index contributed by atoms with van der Waals surface area (Å²) >= 11 is 5.53. The van der Waals surface area contributed by atoms with Gasteiger partial charge >= 0.3 is 5.97 Å². The molecule has 1 aromatic carbocycles. The normalized spacial score (nSPS) is 23.9. The summed E-state index contributed by atoms with van der Waals surface area (Å²) in [5.74, 6) is -2.53. The Morgan fingerprint density at radius 1 is 1.45 bits per heavy atom. The molecule has 0 amide bonds. The minimum atomic E-state index is -4.39. The van der Waals surface area contributed by atoms with Crippen LogP contribution in [-0.4, -0.2) is 47.6 Å². The van der Waals surface area contributed by atoms with Crippen molar-refractivity contribution in [2.75, 3.05) is 6.54 Å². The van der Waals surface area contributed by atoms with Crippen LogP contribution in [0.15, 0.2) is 23.1 Å². The van der Waals surface area contributed by atoms with Crippen molar-refractivity contribution >= 4 is 27.6 Å². The van der Waals surface area contributed by atoms with Crippen LogP contribution in [0.5, 0.6) is 0 Å². The predicted molar refractivity (Wildman–Crippen MR) is 67.3 cm³/mol. The van der Waals surface area contributed by atoms with E-state index in [1.165, 1.54) is 12.1 Å². The summed E-state index contributed by atoms with van der Waals surface area (Å²) in [6.45, 7) is -0.398. The van der Waals surface area contributed by atoms with Crippen molar-refractivity contribution in [2.45, 2.75) is 23.5 Å². The Hall–Kier alpha value is -1.22. The topological polar surface area (TPSA) is 94.9 Å². The Balaban J connectivity index is 2.49. The summed E-state index contributed by atoms with van der Waals surface area (Å²) in [7, 11) is -4.39. The quantitative estimate of drug-likeness (QED) is 0.853. The third-order valence-electron chi connectivity index (χ3n) is 3.02. The zero-order chi connectivity index (χ0) is 15.1. The van der Waals surface area contributed by atoms with Crippen LogP contribution in [0.3, 0.4) is 0 Å². The molecule has 6 nitrogen and oxygen atoms in total. The molecule has 0 saturated carbocycles. The van der Waals surface area contributed by atoms with Crippen LogP contribution in [0.2, 0.25) is 5.02 Å². The molecule has 9 heteroatoms. The number of hydrogen-bond acceptors (Lipinski definition) is 4. The van der Waals surface area contributed by atoms with E-state index in [1.54, 1.807) is 0 Å². The van der Waals surface area contributed by atoms with Crippen molar-refractivity contribution in [1.29, 1.82) is 0 Å². The molecule has 1 aliphatic heterocycles. The maximum atomic E-state index is 13.8. The van der Waals surface area contributed by atoms with Gasteiger partial charge in [-0.2, -0.15) is 4.31 Å². The fraction of sp³-hybridized carbons (Fsp3) is 0.364. The lowest BCUT2D eigenvalue weighted by Gasteiger charge is -2.21. The first-order valence-corrected chi connectivity index (χ1v) is 7.43. The van der Waals surface area contributed by atoms with E-state index in [2.05, 4.69) is 0 Å². The molecule has 1 heterocycles. The highest BCUT2D eigenvalue weighted by atomic mass is 35.5. The van der Waals surface area contributed by atoms with Gasteiger partial charge in [-0.25, -0.2) is 12.8 Å². The van der Waals surface area contributed by atoms with Crippen LogP contribution >= 0.6 is 11.6 Å². The minimum Gasteiger partial charge on any atom is -0.480 e. The van der Waals surface area contributed by atoms with E-state index in [0.29, 0.717) is 4.31 Å². The fourth-order valence-corrected chi connectivity index (χ4v) is 4.03. The molecule has 20 heavy (non-hydrogen) atoms. The molecule has 0 radical (unpaired) electrons. The lowest BCUT2D eigenvalue weighted by Crippen LogP contribution is -2.40. The summed E-state index contributed by atoms with van der Waals surface area (Å²) < 4.78 is 39.0. The summed E-state index contributed by atoms with van der Waals surface area (Å²) in [4.78, 5) is 10.3. The van der Waals surface area contributed by atoms with E-state index in [1.807, 2.05) is 0 Å². The lowest BCUT2D eigenvalue weighted by atomic mass is 10.2. The van der Waals surface area contributed by atoms with Crippen molar-refractivity contribution in [3.63, 3.8) is 0 Å². The summed E-state index contributed by atoms with van der Waals surface area (Å²) in [6, 6.07) is 2.01. The third kappa shape index (κ3) is 2.51. The first-order valence-electron chi connectivity index (χ1n) is 5.62. The lowest BCUT2D eigenvalue weighted by molar-refractivity contribution is -0.140. The predicted octanol–water partition coefficient (Wildman–Crippen LogP) is 0.688. The molecule has 0 unspecified atom stereocenters. The standard InChI is InChI=1S/C11H11ClFNO5S/c12-7-2-1-3-9(10(7)13)20(18,19)14-5-6(15)4-8(14)11(16)17/h1-3,6,8,15H,4-5H2,(H,16,17)/t6-,8-/m1/s1. The molecular weight excluding hydrogens is 313 g/mol. The molecule has 1 aromatic rings. The number of rotatable bonds is 3. The first-order chi connectivity index (χ1) is 9.25. The Kier molecular flexibility index (Phi) is 4.01. The van der Waals surface area contributed by atoms with Gasteiger partial charge in [0.1, 0.15) is 10.9 Å². The Bertz CT molecular complexity index is 650. The molecule has 110 valence electrons. The molecule has 0 bridgehead atoms. The van der Waals surface area contributed by atoms with E-state index in [4.69, 9.17) is 16.7 Å². The zero-order valence-corrected chi connectivity index (χ0v) is 11.6. The highest BCUT2D eigenvalue weighted by molar-refractivity contribution is 7.89. The molecule has 0 aromatic heterocycles. The first kappa shape index (κ1) is 15.2. The zero-order valence-electron chi connectivity index (χ0n) is 10.0. The number of β-amino-alcohol motifs (C(OH)–C–C–N with tert-alkyl or cyclic N) is 1. The molecule has 0 spiro atoms. The smallest absolute Gasteiger partial charge is 0.322 e. The summed E-state index contributed by atoms with van der Waals surface area (Å²) in [6.07, 6.45) is -1.34. The van der Waals surface area contributed by atoms with E-state index in [9.17, 15) is 22.7 Å². The fourth-order valence-electron chi connectivity index (χ4n) is 2.08. The van der Waals surface area contributed by atoms with Gasteiger partial charge in [0.05, 0.1) is 11.1 Å². The van der Waals surface area contributed by atoms with Crippen LogP contribution in [0, 0.1) is 5.82 Å². The SMILES string of the molecule is O=C(O)[C@H]1C[C@@H](O)CN1S(=O)(=O)c1cccc(Cl)c1F. The second-order valence-corrected chi connectivity index (χ2v) is 6.64. The van der Waals surface area contributed by atoms with Crippen molar-refractivity contribution < 1.29 is 27.8 Å². The Morgan fingerprint density at radius 2 is 2.10 bits per heavy atom. The maximum absolute atomic E-state index is 13.8. The number of hydrogen-bond donors (Lipinski definition) is 2. The van der Waals surface area contributed by atoms with Gasteiger partial charge in [-0.3, -0.25) is 4.79 Å². The van der Waals surface area contributed by atoms with Crippen molar-refractivity contribution in [3.8, 4) is 0 Å². The molecule has 0 aliphatic carbocycles. The number of carbonyl (C=O) groups is 1. The highest BCUT2D eigenvalue weighted by Gasteiger charge is 2.44. The number of nitrogens with zero attached hydrogens (tertiary/aromatic N) is 1. The summed E-state index contributed by atoms with van der Waals surface area (Å²) in [5.41, 5.74) is 0. The number of sulfonamides is 1. The van der Waals surface area contributed by atoms with Crippen molar-refractivity contribution in [2.24, 2.45) is 0 Å². The van der Waals surface area contributed by atoms with Gasteiger partial charge in [0.25, 0.3) is 0 Å². The average molecular weight is 324 g/mol. The van der Waals surface area contributed by atoms with Crippen LogP contribution in [0.4, 0.5) is 4.39 Å². The third-order valence-corrected chi connectivity index (χ3v) is 5.21. The van der Waals surface area contributed by atoms with Gasteiger partial charge < -0.3 is 10.2 Å². The second kappa shape index (κ2) is 5.28. The van der Waals surface area contributed by atoms with Gasteiger partial charge in [-0.15, -0.1) is 0 Å². The largest absolute Gasteiger partial charge is 0.480 e. The molecule has 2 rings (SSSR count). The number of benzene rings is 1. The molecule has 2 N–H and O–H groups in total. The molecule has 2 atom stereocenters. The number of aliphatic hydroxyl groups is 1. The van der Waals surface area contributed by atoms with Gasteiger partial charge in [-0.1, -0.05) is 17.7 Å². The number of aliphatic hydroxyl groups excluding tert-OH is 1. The van der Waals surface area contributed by atoms with Gasteiger partial charge in [0.15, 0.2) is 5.82 Å². The maximum Gasteiger partial charge on any atom is 0.322 e. The van der Waals surface area contributed by atoms with Crippen molar-refractivity contribution in [1.82, 2.24) is 4.31 Å². The molecular formula is C11H11ClFNO5S. The van der Waals surface area contributed by atoms with Gasteiger partial charge in [0, 0.05) is 13.0 Å². The monoisotopic (exact) mass is 323 g/mol. The Labute approximate surface area is 119 Å².